The molecule has 1 fully saturated rings. The number of fused-ring (bicyclic) bond motifs is 1. The first-order valence-corrected chi connectivity index (χ1v) is 9.09. The maximum absolute atomic E-state index is 12.4. The van der Waals surface area contributed by atoms with E-state index in [9.17, 15) is 13.2 Å². The summed E-state index contributed by atoms with van der Waals surface area (Å²) in [6.07, 6.45) is 0. The lowest BCUT2D eigenvalue weighted by molar-refractivity contribution is 0.0661. The highest BCUT2D eigenvalue weighted by Crippen LogP contribution is 2.28. The molecule has 3 rings (SSSR count). The summed E-state index contributed by atoms with van der Waals surface area (Å²) in [6, 6.07) is 7.77. The van der Waals surface area contributed by atoms with E-state index in [2.05, 4.69) is 0 Å². The minimum Gasteiger partial charge on any atom is -0.336 e. The molecule has 6 heteroatoms. The molecule has 0 bridgehead atoms. The highest BCUT2D eigenvalue weighted by atomic mass is 32.2. The van der Waals surface area contributed by atoms with Crippen LogP contribution in [0.4, 0.5) is 0 Å². The molecule has 0 spiro atoms. The van der Waals surface area contributed by atoms with Crippen LogP contribution in [-0.2, 0) is 9.84 Å². The largest absolute Gasteiger partial charge is 0.336 e. The van der Waals surface area contributed by atoms with Crippen LogP contribution in [0.3, 0.4) is 0 Å². The van der Waals surface area contributed by atoms with Crippen LogP contribution in [0.2, 0.25) is 0 Å². The van der Waals surface area contributed by atoms with Crippen LogP contribution in [0.15, 0.2) is 29.6 Å². The number of hydrogen-bond donors (Lipinski definition) is 0. The van der Waals surface area contributed by atoms with Gasteiger partial charge in [-0.15, -0.1) is 11.3 Å². The highest BCUT2D eigenvalue weighted by molar-refractivity contribution is 7.92. The van der Waals surface area contributed by atoms with Crippen molar-refractivity contribution in [3.05, 3.63) is 35.2 Å². The average molecular weight is 309 g/mol. The number of amides is 1. The maximum Gasteiger partial charge on any atom is 0.255 e. The first-order chi connectivity index (χ1) is 9.53. The van der Waals surface area contributed by atoms with Gasteiger partial charge in [0.1, 0.15) is 0 Å². The van der Waals surface area contributed by atoms with Crippen LogP contribution >= 0.6 is 11.3 Å². The van der Waals surface area contributed by atoms with Crippen molar-refractivity contribution in [1.29, 1.82) is 0 Å². The smallest absolute Gasteiger partial charge is 0.255 e. The van der Waals surface area contributed by atoms with Crippen LogP contribution in [-0.4, -0.2) is 43.3 Å². The van der Waals surface area contributed by atoms with Crippen LogP contribution in [0.25, 0.3) is 10.1 Å². The van der Waals surface area contributed by atoms with Gasteiger partial charge in [-0.25, -0.2) is 8.42 Å². The quantitative estimate of drug-likeness (QED) is 0.873. The second-order valence-electron chi connectivity index (χ2n) is 4.93. The summed E-state index contributed by atoms with van der Waals surface area (Å²) in [5.74, 6) is 0.0751. The van der Waals surface area contributed by atoms with Crippen molar-refractivity contribution >= 4 is 37.2 Å². The summed E-state index contributed by atoms with van der Waals surface area (Å²) < 4.78 is 24.5. The molecule has 2 heterocycles. The minimum atomic E-state index is -3.03. The number of sulfone groups is 1. The fourth-order valence-corrected chi connectivity index (χ4v) is 4.60. The first kappa shape index (κ1) is 13.6. The van der Waals surface area contributed by atoms with Gasteiger partial charge in [-0.3, -0.25) is 4.79 Å². The molecular formula is C14H15NO3S2. The van der Waals surface area contributed by atoms with Crippen molar-refractivity contribution in [3.63, 3.8) is 0 Å². The zero-order valence-electron chi connectivity index (χ0n) is 11.1. The van der Waals surface area contributed by atoms with Gasteiger partial charge in [0.05, 0.1) is 10.8 Å². The molecule has 1 aromatic carbocycles. The Morgan fingerprint density at radius 2 is 2.05 bits per heavy atom. The van der Waals surface area contributed by atoms with E-state index < -0.39 is 9.84 Å². The van der Waals surface area contributed by atoms with E-state index in [0.29, 0.717) is 18.7 Å². The predicted octanol–water partition coefficient (Wildman–Crippen LogP) is 2.16. The summed E-state index contributed by atoms with van der Waals surface area (Å²) >= 11 is 1.54. The molecule has 1 aliphatic heterocycles. The molecule has 0 aliphatic carbocycles. The van der Waals surface area contributed by atoms with Gasteiger partial charge in [0.25, 0.3) is 5.91 Å². The molecule has 1 amide bonds. The van der Waals surface area contributed by atoms with Gasteiger partial charge in [-0.05, 0) is 6.07 Å². The van der Waals surface area contributed by atoms with Gasteiger partial charge in [0, 0.05) is 34.3 Å². The fourth-order valence-electron chi connectivity index (χ4n) is 2.38. The summed E-state index contributed by atoms with van der Waals surface area (Å²) in [5.41, 5.74) is 0.679. The number of nitrogens with zero attached hydrogens (tertiary/aromatic N) is 1. The lowest BCUT2D eigenvalue weighted by Crippen LogP contribution is -2.57. The Labute approximate surface area is 121 Å². The molecule has 106 valence electrons. The van der Waals surface area contributed by atoms with Gasteiger partial charge in [0.2, 0.25) is 0 Å². The first-order valence-electron chi connectivity index (χ1n) is 6.50. The monoisotopic (exact) mass is 309 g/mol. The van der Waals surface area contributed by atoms with Crippen molar-refractivity contribution in [2.24, 2.45) is 0 Å². The number of carbonyl (C=O) groups excluding carboxylic acids is 1. The number of thiophene rings is 1. The third-order valence-corrected chi connectivity index (χ3v) is 6.84. The number of rotatable bonds is 3. The van der Waals surface area contributed by atoms with E-state index in [1.165, 1.54) is 11.3 Å². The van der Waals surface area contributed by atoms with E-state index in [-0.39, 0.29) is 16.9 Å². The normalized spacial score (nSPS) is 16.4. The van der Waals surface area contributed by atoms with Gasteiger partial charge >= 0.3 is 0 Å². The maximum atomic E-state index is 12.4. The topological polar surface area (TPSA) is 54.5 Å². The van der Waals surface area contributed by atoms with Crippen LogP contribution in [0.1, 0.15) is 17.3 Å². The lowest BCUT2D eigenvalue weighted by atomic mass is 10.1. The van der Waals surface area contributed by atoms with E-state index in [4.69, 9.17) is 0 Å². The molecule has 1 saturated heterocycles. The van der Waals surface area contributed by atoms with E-state index >= 15 is 0 Å². The van der Waals surface area contributed by atoms with E-state index in [0.717, 1.165) is 10.1 Å². The third-order valence-electron chi connectivity index (χ3n) is 3.76. The van der Waals surface area contributed by atoms with Crippen molar-refractivity contribution in [2.45, 2.75) is 12.2 Å². The zero-order chi connectivity index (χ0) is 14.3. The second kappa shape index (κ2) is 4.86. The SMILES string of the molecule is CCS(=O)(=O)C1CN(C(=O)c2csc3ccccc23)C1. The Bertz CT molecular complexity index is 758. The summed E-state index contributed by atoms with van der Waals surface area (Å²) in [6.45, 7) is 2.28. The Balaban J connectivity index is 1.79. The molecule has 1 aromatic heterocycles. The molecule has 0 atom stereocenters. The Hall–Kier alpha value is -1.40. The van der Waals surface area contributed by atoms with Crippen molar-refractivity contribution in [2.75, 3.05) is 18.8 Å². The molecule has 0 radical (unpaired) electrons. The fraction of sp³-hybridized carbons (Fsp3) is 0.357. The van der Waals surface area contributed by atoms with Gasteiger partial charge in [-0.2, -0.15) is 0 Å². The zero-order valence-corrected chi connectivity index (χ0v) is 12.7. The molecule has 4 nitrogen and oxygen atoms in total. The molecule has 20 heavy (non-hydrogen) atoms. The van der Waals surface area contributed by atoms with Crippen LogP contribution in [0.5, 0.6) is 0 Å². The second-order valence-corrected chi connectivity index (χ2v) is 8.41. The molecule has 0 unspecified atom stereocenters. The van der Waals surface area contributed by atoms with E-state index in [1.54, 1.807) is 11.8 Å². The summed E-state index contributed by atoms with van der Waals surface area (Å²) in [4.78, 5) is 14.0. The number of carbonyl (C=O) groups is 1. The molecule has 0 saturated carbocycles. The summed E-state index contributed by atoms with van der Waals surface area (Å²) in [5, 5.41) is 2.42. The number of benzene rings is 1. The van der Waals surface area contributed by atoms with Gasteiger partial charge in [0.15, 0.2) is 9.84 Å². The molecule has 1 aliphatic rings. The van der Waals surface area contributed by atoms with Crippen LogP contribution < -0.4 is 0 Å². The standard InChI is InChI=1S/C14H15NO3S2/c1-2-20(17,18)10-7-15(8-10)14(16)12-9-19-13-6-4-3-5-11(12)13/h3-6,9-10H,2,7-8H2,1H3. The van der Waals surface area contributed by atoms with E-state index in [1.807, 2.05) is 29.6 Å². The Morgan fingerprint density at radius 3 is 2.75 bits per heavy atom. The molecule has 2 aromatic rings. The number of hydrogen-bond acceptors (Lipinski definition) is 4. The Kier molecular flexibility index (Phi) is 3.30. The van der Waals surface area contributed by atoms with Gasteiger partial charge < -0.3 is 4.90 Å². The number of likely N-dealkylation sites (tertiary alicyclic amines) is 1. The predicted molar refractivity (Wildman–Crippen MR) is 81.0 cm³/mol. The highest BCUT2D eigenvalue weighted by Gasteiger charge is 2.39. The van der Waals surface area contributed by atoms with Gasteiger partial charge in [-0.1, -0.05) is 25.1 Å². The minimum absolute atomic E-state index is 0.0648. The third kappa shape index (κ3) is 2.13. The van der Waals surface area contributed by atoms with Crippen LogP contribution in [0, 0.1) is 0 Å². The lowest BCUT2D eigenvalue weighted by Gasteiger charge is -2.38. The van der Waals surface area contributed by atoms with Crippen molar-refractivity contribution in [1.82, 2.24) is 4.90 Å². The molecular weight excluding hydrogens is 294 g/mol. The molecule has 0 N–H and O–H groups in total. The van der Waals surface area contributed by atoms with Crippen molar-refractivity contribution < 1.29 is 13.2 Å². The average Bonchev–Trinajstić information content (AvgIpc) is 2.80. The Morgan fingerprint density at radius 1 is 1.35 bits per heavy atom. The summed E-state index contributed by atoms with van der Waals surface area (Å²) in [7, 11) is -3.03. The van der Waals surface area contributed by atoms with Crippen molar-refractivity contribution in [3.8, 4) is 0 Å².